The first-order valence-corrected chi connectivity index (χ1v) is 6.31. The Hall–Kier alpha value is -1.61. The van der Waals surface area contributed by atoms with Crippen LogP contribution < -0.4 is 0 Å². The molecule has 0 fully saturated rings. The monoisotopic (exact) mass is 247 g/mol. The maximum atomic E-state index is 10.7. The number of carboxylic acids is 1. The summed E-state index contributed by atoms with van der Waals surface area (Å²) in [4.78, 5) is 12.8. The van der Waals surface area contributed by atoms with Crippen molar-refractivity contribution < 1.29 is 9.90 Å². The van der Waals surface area contributed by atoms with E-state index in [4.69, 9.17) is 5.11 Å². The van der Waals surface area contributed by atoms with Gasteiger partial charge < -0.3 is 5.11 Å². The molecule has 18 heavy (non-hydrogen) atoms. The number of aliphatic carboxylic acids is 1. The van der Waals surface area contributed by atoms with Crippen LogP contribution in [0, 0.1) is 0 Å². The van der Waals surface area contributed by atoms with Gasteiger partial charge in [-0.2, -0.15) is 0 Å². The fourth-order valence-electron chi connectivity index (χ4n) is 1.89. The first-order chi connectivity index (χ1) is 8.63. The smallest absolute Gasteiger partial charge is 0.304 e. The van der Waals surface area contributed by atoms with Gasteiger partial charge in [-0.15, -0.1) is 0 Å². The van der Waals surface area contributed by atoms with Crippen molar-refractivity contribution in [1.29, 1.82) is 0 Å². The summed E-state index contributed by atoms with van der Waals surface area (Å²) in [5.41, 5.74) is 1.17. The minimum atomic E-state index is -0.743. The van der Waals surface area contributed by atoms with Crippen molar-refractivity contribution in [3.63, 3.8) is 0 Å². The lowest BCUT2D eigenvalue weighted by Crippen LogP contribution is -2.34. The zero-order chi connectivity index (χ0) is 13.4. The Bertz CT molecular complexity index is 387. The van der Waals surface area contributed by atoms with Gasteiger partial charge in [0.05, 0.1) is 6.42 Å². The molecule has 0 aromatic heterocycles. The van der Waals surface area contributed by atoms with Crippen molar-refractivity contribution in [2.45, 2.75) is 26.3 Å². The molecule has 0 aliphatic rings. The maximum absolute atomic E-state index is 10.7. The van der Waals surface area contributed by atoms with Crippen LogP contribution in [0.1, 0.15) is 25.8 Å². The zero-order valence-corrected chi connectivity index (χ0v) is 11.0. The fraction of sp³-hybridized carbons (Fsp3) is 0.400. The topological polar surface area (TPSA) is 40.5 Å². The van der Waals surface area contributed by atoms with E-state index < -0.39 is 5.97 Å². The standard InChI is InChI=1S/C15H21NO2/c1-3-16(13(2)12-15(17)18)11-7-10-14-8-5-4-6-9-14/h4-10,13H,3,11-12H2,1-2H3,(H,17,18). The molecule has 1 rings (SSSR count). The quantitative estimate of drug-likeness (QED) is 0.805. The molecule has 0 bridgehead atoms. The molecule has 0 heterocycles. The molecular formula is C15H21NO2. The summed E-state index contributed by atoms with van der Waals surface area (Å²) in [6, 6.07) is 10.2. The largest absolute Gasteiger partial charge is 0.481 e. The lowest BCUT2D eigenvalue weighted by molar-refractivity contribution is -0.138. The number of likely N-dealkylation sites (N-methyl/N-ethyl adjacent to an activating group) is 1. The van der Waals surface area contributed by atoms with E-state index in [1.54, 1.807) is 0 Å². The Balaban J connectivity index is 2.49. The van der Waals surface area contributed by atoms with Gasteiger partial charge >= 0.3 is 5.97 Å². The third-order valence-electron chi connectivity index (χ3n) is 2.95. The molecule has 0 aliphatic heterocycles. The first kappa shape index (κ1) is 14.5. The second-order valence-electron chi connectivity index (χ2n) is 4.35. The highest BCUT2D eigenvalue weighted by Crippen LogP contribution is 2.06. The predicted octanol–water partition coefficient (Wildman–Crippen LogP) is 2.88. The van der Waals surface area contributed by atoms with E-state index in [9.17, 15) is 4.79 Å². The minimum absolute atomic E-state index is 0.0629. The number of hydrogen-bond acceptors (Lipinski definition) is 2. The van der Waals surface area contributed by atoms with Crippen LogP contribution >= 0.6 is 0 Å². The molecule has 1 aromatic rings. The lowest BCUT2D eigenvalue weighted by Gasteiger charge is -2.25. The van der Waals surface area contributed by atoms with Gasteiger partial charge in [0.25, 0.3) is 0 Å². The van der Waals surface area contributed by atoms with E-state index in [0.29, 0.717) is 0 Å². The van der Waals surface area contributed by atoms with Crippen LogP contribution in [-0.2, 0) is 4.79 Å². The summed E-state index contributed by atoms with van der Waals surface area (Å²) in [5, 5.41) is 8.79. The number of carbonyl (C=O) groups is 1. The highest BCUT2D eigenvalue weighted by atomic mass is 16.4. The summed E-state index contributed by atoms with van der Waals surface area (Å²) in [6.45, 7) is 5.64. The Morgan fingerprint density at radius 2 is 2.06 bits per heavy atom. The van der Waals surface area contributed by atoms with E-state index in [-0.39, 0.29) is 12.5 Å². The van der Waals surface area contributed by atoms with Crippen LogP contribution in [0.5, 0.6) is 0 Å². The van der Waals surface area contributed by atoms with Gasteiger partial charge in [0, 0.05) is 12.6 Å². The van der Waals surface area contributed by atoms with Gasteiger partial charge in [-0.3, -0.25) is 9.69 Å². The van der Waals surface area contributed by atoms with Crippen LogP contribution in [0.25, 0.3) is 6.08 Å². The number of nitrogens with zero attached hydrogens (tertiary/aromatic N) is 1. The Morgan fingerprint density at radius 3 is 2.61 bits per heavy atom. The third-order valence-corrected chi connectivity index (χ3v) is 2.95. The van der Waals surface area contributed by atoms with Crippen molar-refractivity contribution in [3.8, 4) is 0 Å². The molecule has 0 amide bonds. The molecule has 0 radical (unpaired) electrons. The molecule has 1 N–H and O–H groups in total. The van der Waals surface area contributed by atoms with Gasteiger partial charge in [-0.25, -0.2) is 0 Å². The normalized spacial score (nSPS) is 13.1. The van der Waals surface area contributed by atoms with E-state index in [2.05, 4.69) is 24.0 Å². The average molecular weight is 247 g/mol. The van der Waals surface area contributed by atoms with E-state index >= 15 is 0 Å². The molecule has 1 unspecified atom stereocenters. The predicted molar refractivity (Wildman–Crippen MR) is 74.4 cm³/mol. The summed E-state index contributed by atoms with van der Waals surface area (Å²) in [6.07, 6.45) is 4.33. The van der Waals surface area contributed by atoms with Gasteiger partial charge in [-0.05, 0) is 19.0 Å². The average Bonchev–Trinajstić information content (AvgIpc) is 2.35. The zero-order valence-electron chi connectivity index (χ0n) is 11.0. The molecule has 0 saturated heterocycles. The highest BCUT2D eigenvalue weighted by molar-refractivity contribution is 5.67. The van der Waals surface area contributed by atoms with Crippen LogP contribution in [-0.4, -0.2) is 35.1 Å². The van der Waals surface area contributed by atoms with Gasteiger partial charge in [0.15, 0.2) is 0 Å². The second kappa shape index (κ2) is 7.67. The second-order valence-corrected chi connectivity index (χ2v) is 4.35. The van der Waals surface area contributed by atoms with Crippen LogP contribution in [0.4, 0.5) is 0 Å². The van der Waals surface area contributed by atoms with E-state index in [1.807, 2.05) is 37.3 Å². The molecule has 3 nitrogen and oxygen atoms in total. The SMILES string of the molecule is CCN(CC=Cc1ccccc1)C(C)CC(=O)O. The van der Waals surface area contributed by atoms with E-state index in [0.717, 1.165) is 13.1 Å². The molecule has 3 heteroatoms. The van der Waals surface area contributed by atoms with Crippen LogP contribution in [0.2, 0.25) is 0 Å². The molecule has 98 valence electrons. The molecule has 1 aromatic carbocycles. The Kier molecular flexibility index (Phi) is 6.15. The maximum Gasteiger partial charge on any atom is 0.304 e. The molecular weight excluding hydrogens is 226 g/mol. The number of carboxylic acid groups (broad SMARTS) is 1. The number of hydrogen-bond donors (Lipinski definition) is 1. The molecule has 1 atom stereocenters. The lowest BCUT2D eigenvalue weighted by atomic mass is 10.2. The van der Waals surface area contributed by atoms with Crippen LogP contribution in [0.3, 0.4) is 0 Å². The van der Waals surface area contributed by atoms with Crippen molar-refractivity contribution >= 4 is 12.0 Å². The van der Waals surface area contributed by atoms with Gasteiger partial charge in [-0.1, -0.05) is 49.4 Å². The third kappa shape index (κ3) is 5.15. The number of rotatable bonds is 7. The fourth-order valence-corrected chi connectivity index (χ4v) is 1.89. The minimum Gasteiger partial charge on any atom is -0.481 e. The first-order valence-electron chi connectivity index (χ1n) is 6.31. The van der Waals surface area contributed by atoms with Gasteiger partial charge in [0.1, 0.15) is 0 Å². The molecule has 0 saturated carbocycles. The summed E-state index contributed by atoms with van der Waals surface area (Å²) < 4.78 is 0. The summed E-state index contributed by atoms with van der Waals surface area (Å²) >= 11 is 0. The van der Waals surface area contributed by atoms with Crippen LogP contribution in [0.15, 0.2) is 36.4 Å². The molecule has 0 aliphatic carbocycles. The summed E-state index contributed by atoms with van der Waals surface area (Å²) in [7, 11) is 0. The van der Waals surface area contributed by atoms with Gasteiger partial charge in [0.2, 0.25) is 0 Å². The van der Waals surface area contributed by atoms with Crippen molar-refractivity contribution in [2.24, 2.45) is 0 Å². The Morgan fingerprint density at radius 1 is 1.39 bits per heavy atom. The highest BCUT2D eigenvalue weighted by Gasteiger charge is 2.13. The molecule has 0 spiro atoms. The van der Waals surface area contributed by atoms with E-state index in [1.165, 1.54) is 5.56 Å². The number of benzene rings is 1. The van der Waals surface area contributed by atoms with Crippen molar-refractivity contribution in [3.05, 3.63) is 42.0 Å². The van der Waals surface area contributed by atoms with Crippen molar-refractivity contribution in [2.75, 3.05) is 13.1 Å². The van der Waals surface area contributed by atoms with Crippen molar-refractivity contribution in [1.82, 2.24) is 4.90 Å². The summed E-state index contributed by atoms with van der Waals surface area (Å²) in [5.74, 6) is -0.743. The Labute approximate surface area is 109 Å².